The SMILES string of the molecule is CC(C)(C1CC1)n1ccc(C(=O)C(Cl)(Cl)Cl)c1. The highest BCUT2D eigenvalue weighted by molar-refractivity contribution is 6.77. The van der Waals surface area contributed by atoms with Gasteiger partial charge in [-0.3, -0.25) is 4.79 Å². The van der Waals surface area contributed by atoms with Crippen LogP contribution in [-0.4, -0.2) is 14.1 Å². The van der Waals surface area contributed by atoms with Gasteiger partial charge in [0.25, 0.3) is 3.79 Å². The lowest BCUT2D eigenvalue weighted by Crippen LogP contribution is -2.27. The predicted molar refractivity (Wildman–Crippen MR) is 71.1 cm³/mol. The molecule has 1 aromatic rings. The van der Waals surface area contributed by atoms with Crippen LogP contribution in [0.1, 0.15) is 37.0 Å². The molecule has 1 aliphatic rings. The van der Waals surface area contributed by atoms with Crippen LogP contribution in [0, 0.1) is 5.92 Å². The molecular weight excluding hydrogens is 280 g/mol. The largest absolute Gasteiger partial charge is 0.348 e. The smallest absolute Gasteiger partial charge is 0.253 e. The highest BCUT2D eigenvalue weighted by atomic mass is 35.6. The van der Waals surface area contributed by atoms with Gasteiger partial charge in [0.1, 0.15) is 0 Å². The Labute approximate surface area is 116 Å². The number of Topliss-reactive ketones (excluding diaryl/α,β-unsaturated/α-hetero) is 1. The van der Waals surface area contributed by atoms with E-state index >= 15 is 0 Å². The van der Waals surface area contributed by atoms with E-state index in [1.165, 1.54) is 12.8 Å². The molecule has 1 aliphatic carbocycles. The van der Waals surface area contributed by atoms with E-state index in [9.17, 15) is 4.79 Å². The first-order chi connectivity index (χ1) is 7.73. The average molecular weight is 295 g/mol. The lowest BCUT2D eigenvalue weighted by molar-refractivity contribution is 0.0996. The predicted octanol–water partition coefficient (Wildman–Crippen LogP) is 4.19. The maximum atomic E-state index is 11.8. The Hall–Kier alpha value is -0.180. The Morgan fingerprint density at radius 3 is 2.41 bits per heavy atom. The monoisotopic (exact) mass is 293 g/mol. The third kappa shape index (κ3) is 2.64. The minimum absolute atomic E-state index is 0.0200. The molecular formula is C12H14Cl3NO. The zero-order valence-corrected chi connectivity index (χ0v) is 12.0. The Kier molecular flexibility index (Phi) is 3.26. The van der Waals surface area contributed by atoms with E-state index < -0.39 is 9.58 Å². The molecule has 0 spiro atoms. The van der Waals surface area contributed by atoms with Crippen LogP contribution in [0.15, 0.2) is 18.5 Å². The normalized spacial score (nSPS) is 17.2. The van der Waals surface area contributed by atoms with E-state index in [1.807, 2.05) is 10.8 Å². The summed E-state index contributed by atoms with van der Waals surface area (Å²) in [4.78, 5) is 11.8. The topological polar surface area (TPSA) is 22.0 Å². The summed E-state index contributed by atoms with van der Waals surface area (Å²) in [6.07, 6.45) is 6.11. The van der Waals surface area contributed by atoms with Crippen molar-refractivity contribution < 1.29 is 4.79 Å². The van der Waals surface area contributed by atoms with Gasteiger partial charge >= 0.3 is 0 Å². The number of aromatic nitrogens is 1. The van der Waals surface area contributed by atoms with E-state index in [1.54, 1.807) is 12.3 Å². The molecule has 1 heterocycles. The molecule has 1 fully saturated rings. The van der Waals surface area contributed by atoms with Crippen molar-refractivity contribution in [1.29, 1.82) is 0 Å². The van der Waals surface area contributed by atoms with E-state index in [4.69, 9.17) is 34.8 Å². The van der Waals surface area contributed by atoms with E-state index in [0.717, 1.165) is 0 Å². The van der Waals surface area contributed by atoms with Crippen LogP contribution in [0.5, 0.6) is 0 Å². The second-order valence-electron chi connectivity index (χ2n) is 5.06. The minimum atomic E-state index is -1.88. The van der Waals surface area contributed by atoms with Crippen molar-refractivity contribution in [2.45, 2.75) is 36.0 Å². The van der Waals surface area contributed by atoms with E-state index in [2.05, 4.69) is 13.8 Å². The van der Waals surface area contributed by atoms with Crippen LogP contribution >= 0.6 is 34.8 Å². The summed E-state index contributed by atoms with van der Waals surface area (Å²) in [6, 6.07) is 1.70. The van der Waals surface area contributed by atoms with Gasteiger partial charge in [-0.1, -0.05) is 34.8 Å². The fraction of sp³-hybridized carbons (Fsp3) is 0.583. The van der Waals surface area contributed by atoms with Crippen LogP contribution in [0.25, 0.3) is 0 Å². The molecule has 1 aromatic heterocycles. The number of alkyl halides is 3. The Balaban J connectivity index is 2.24. The average Bonchev–Trinajstić information content (AvgIpc) is 2.94. The second-order valence-corrected chi connectivity index (χ2v) is 7.34. The molecule has 2 rings (SSSR count). The highest BCUT2D eigenvalue weighted by Crippen LogP contribution is 2.44. The number of carbonyl (C=O) groups excluding carboxylic acids is 1. The number of rotatable bonds is 3. The molecule has 0 amide bonds. The summed E-state index contributed by atoms with van der Waals surface area (Å²) < 4.78 is 0.157. The van der Waals surface area contributed by atoms with Crippen LogP contribution in [0.2, 0.25) is 0 Å². The standard InChI is InChI=1S/C12H14Cl3NO/c1-11(2,9-3-4-9)16-6-5-8(7-16)10(17)12(13,14)15/h5-7,9H,3-4H2,1-2H3. The highest BCUT2D eigenvalue weighted by Gasteiger charge is 2.39. The zero-order valence-electron chi connectivity index (χ0n) is 9.71. The fourth-order valence-electron chi connectivity index (χ4n) is 2.05. The molecule has 17 heavy (non-hydrogen) atoms. The van der Waals surface area contributed by atoms with Crippen molar-refractivity contribution in [3.05, 3.63) is 24.0 Å². The molecule has 0 aliphatic heterocycles. The second kappa shape index (κ2) is 4.18. The molecule has 0 N–H and O–H groups in total. The molecule has 0 aromatic carbocycles. The quantitative estimate of drug-likeness (QED) is 0.605. The summed E-state index contributed by atoms with van der Waals surface area (Å²) in [5.74, 6) is 0.193. The third-order valence-corrected chi connectivity index (χ3v) is 3.97. The lowest BCUT2D eigenvalue weighted by atomic mass is 9.99. The number of halogens is 3. The van der Waals surface area contributed by atoms with Crippen molar-refractivity contribution in [3.63, 3.8) is 0 Å². The van der Waals surface area contributed by atoms with Crippen LogP contribution in [0.4, 0.5) is 0 Å². The van der Waals surface area contributed by atoms with Gasteiger partial charge in [-0.05, 0) is 38.7 Å². The molecule has 0 atom stereocenters. The third-order valence-electron chi connectivity index (χ3n) is 3.45. The van der Waals surface area contributed by atoms with Gasteiger partial charge in [0.05, 0.1) is 0 Å². The maximum Gasteiger partial charge on any atom is 0.253 e. The summed E-state index contributed by atoms with van der Waals surface area (Å²) in [5, 5.41) is 0. The van der Waals surface area contributed by atoms with Gasteiger partial charge in [-0.2, -0.15) is 0 Å². The van der Waals surface area contributed by atoms with Crippen molar-refractivity contribution in [2.24, 2.45) is 5.92 Å². The van der Waals surface area contributed by atoms with Crippen LogP contribution < -0.4 is 0 Å². The van der Waals surface area contributed by atoms with E-state index in [0.29, 0.717) is 11.5 Å². The van der Waals surface area contributed by atoms with Crippen molar-refractivity contribution in [1.82, 2.24) is 4.57 Å². The number of hydrogen-bond donors (Lipinski definition) is 0. The molecule has 2 nitrogen and oxygen atoms in total. The molecule has 5 heteroatoms. The first-order valence-corrected chi connectivity index (χ1v) is 6.66. The van der Waals surface area contributed by atoms with Crippen molar-refractivity contribution in [3.8, 4) is 0 Å². The van der Waals surface area contributed by atoms with E-state index in [-0.39, 0.29) is 5.54 Å². The number of hydrogen-bond acceptors (Lipinski definition) is 1. The van der Waals surface area contributed by atoms with Gasteiger partial charge in [0.15, 0.2) is 0 Å². The maximum absolute atomic E-state index is 11.8. The summed E-state index contributed by atoms with van der Waals surface area (Å²) >= 11 is 16.8. The van der Waals surface area contributed by atoms with Crippen LogP contribution in [0.3, 0.4) is 0 Å². The Bertz CT molecular complexity index is 441. The van der Waals surface area contributed by atoms with Gasteiger partial charge in [-0.15, -0.1) is 0 Å². The Morgan fingerprint density at radius 2 is 1.94 bits per heavy atom. The molecule has 0 unspecified atom stereocenters. The van der Waals surface area contributed by atoms with Crippen LogP contribution in [-0.2, 0) is 5.54 Å². The number of carbonyl (C=O) groups is 1. The molecule has 94 valence electrons. The molecule has 1 saturated carbocycles. The molecule has 0 bridgehead atoms. The summed E-state index contributed by atoms with van der Waals surface area (Å²) in [6.45, 7) is 4.32. The van der Waals surface area contributed by atoms with Crippen molar-refractivity contribution in [2.75, 3.05) is 0 Å². The summed E-state index contributed by atoms with van der Waals surface area (Å²) in [5.41, 5.74) is 0.463. The minimum Gasteiger partial charge on any atom is -0.348 e. The van der Waals surface area contributed by atoms with Gasteiger partial charge in [0, 0.05) is 23.5 Å². The fourth-order valence-corrected chi connectivity index (χ4v) is 2.38. The zero-order chi connectivity index (χ0) is 12.8. The van der Waals surface area contributed by atoms with Gasteiger partial charge in [-0.25, -0.2) is 0 Å². The van der Waals surface area contributed by atoms with Gasteiger partial charge < -0.3 is 4.57 Å². The number of nitrogens with zero attached hydrogens (tertiary/aromatic N) is 1. The first kappa shape index (κ1) is 13.3. The molecule has 0 saturated heterocycles. The van der Waals surface area contributed by atoms with Gasteiger partial charge in [0.2, 0.25) is 5.78 Å². The summed E-state index contributed by atoms with van der Waals surface area (Å²) in [7, 11) is 0. The first-order valence-electron chi connectivity index (χ1n) is 5.53. The lowest BCUT2D eigenvalue weighted by Gasteiger charge is -2.27. The molecule has 0 radical (unpaired) electrons. The Morgan fingerprint density at radius 1 is 1.35 bits per heavy atom. The van der Waals surface area contributed by atoms with Crippen molar-refractivity contribution >= 4 is 40.6 Å². The number of ketones is 1.